The maximum atomic E-state index is 4.31. The molecule has 4 heteroatoms. The molecule has 0 amide bonds. The van der Waals surface area contributed by atoms with Crippen molar-refractivity contribution in [2.75, 3.05) is 12.4 Å². The quantitative estimate of drug-likeness (QED) is 0.758. The number of hydrogen-bond donors (Lipinski definition) is 1. The number of nitrogens with zero attached hydrogens (tertiary/aromatic N) is 2. The molecule has 0 aliphatic rings. The molecule has 2 heterocycles. The zero-order chi connectivity index (χ0) is 12.5. The fourth-order valence-electron chi connectivity index (χ4n) is 1.93. The van der Waals surface area contributed by atoms with Crippen molar-refractivity contribution in [3.63, 3.8) is 0 Å². The van der Waals surface area contributed by atoms with Crippen LogP contribution < -0.4 is 5.32 Å². The second kappa shape index (κ2) is 4.38. The molecular formula is C14H13N3S. The molecule has 0 aliphatic carbocycles. The average Bonchev–Trinajstić information content (AvgIpc) is 2.84. The van der Waals surface area contributed by atoms with Gasteiger partial charge in [-0.3, -0.25) is 0 Å². The first-order valence-electron chi connectivity index (χ1n) is 5.76. The van der Waals surface area contributed by atoms with Crippen molar-refractivity contribution >= 4 is 27.9 Å². The van der Waals surface area contributed by atoms with Crippen molar-refractivity contribution in [1.29, 1.82) is 0 Å². The molecule has 0 radical (unpaired) electrons. The summed E-state index contributed by atoms with van der Waals surface area (Å²) in [7, 11) is 1.88. The Morgan fingerprint density at radius 2 is 1.94 bits per heavy atom. The van der Waals surface area contributed by atoms with E-state index in [0.717, 1.165) is 16.2 Å². The number of benzene rings is 1. The summed E-state index contributed by atoms with van der Waals surface area (Å²) in [6, 6.07) is 8.47. The van der Waals surface area contributed by atoms with Gasteiger partial charge in [0.25, 0.3) is 0 Å². The summed E-state index contributed by atoms with van der Waals surface area (Å²) in [5.74, 6) is 0.889. The van der Waals surface area contributed by atoms with Crippen molar-refractivity contribution < 1.29 is 0 Å². The number of rotatable bonds is 2. The van der Waals surface area contributed by atoms with Crippen LogP contribution in [0, 0.1) is 6.92 Å². The minimum Gasteiger partial charge on any atom is -0.373 e. The third-order valence-electron chi connectivity index (χ3n) is 2.88. The Morgan fingerprint density at radius 1 is 1.06 bits per heavy atom. The minimum atomic E-state index is 0.889. The first-order valence-corrected chi connectivity index (χ1v) is 6.58. The number of fused-ring (bicyclic) bond motifs is 1. The van der Waals surface area contributed by atoms with E-state index in [1.54, 1.807) is 11.3 Å². The molecule has 2 aromatic heterocycles. The molecule has 0 unspecified atom stereocenters. The molecule has 3 aromatic rings. The van der Waals surface area contributed by atoms with Crippen LogP contribution in [-0.2, 0) is 0 Å². The van der Waals surface area contributed by atoms with Gasteiger partial charge >= 0.3 is 0 Å². The van der Waals surface area contributed by atoms with Crippen LogP contribution in [0.15, 0.2) is 36.7 Å². The Bertz CT molecular complexity index is 703. The van der Waals surface area contributed by atoms with Crippen LogP contribution in [0.3, 0.4) is 0 Å². The zero-order valence-electron chi connectivity index (χ0n) is 10.3. The summed E-state index contributed by atoms with van der Waals surface area (Å²) in [6.45, 7) is 2.03. The lowest BCUT2D eigenvalue weighted by Gasteiger charge is -2.03. The first kappa shape index (κ1) is 11.2. The molecule has 1 aromatic carbocycles. The van der Waals surface area contributed by atoms with Gasteiger partial charge in [-0.15, -0.1) is 11.3 Å². The summed E-state index contributed by atoms with van der Waals surface area (Å²) in [5.41, 5.74) is 1.21. The lowest BCUT2D eigenvalue weighted by molar-refractivity contribution is 1.30. The highest BCUT2D eigenvalue weighted by Gasteiger charge is 2.04. The highest BCUT2D eigenvalue weighted by atomic mass is 32.1. The van der Waals surface area contributed by atoms with Gasteiger partial charge < -0.3 is 5.32 Å². The maximum Gasteiger partial charge on any atom is 0.126 e. The number of thiazole rings is 1. The monoisotopic (exact) mass is 255 g/mol. The van der Waals surface area contributed by atoms with E-state index in [-0.39, 0.29) is 0 Å². The van der Waals surface area contributed by atoms with E-state index < -0.39 is 0 Å². The molecular weight excluding hydrogens is 242 g/mol. The molecule has 18 heavy (non-hydrogen) atoms. The molecule has 0 saturated heterocycles. The Kier molecular flexibility index (Phi) is 2.72. The Labute approximate surface area is 110 Å². The normalized spacial score (nSPS) is 10.8. The van der Waals surface area contributed by atoms with Crippen LogP contribution in [0.1, 0.15) is 5.01 Å². The fraction of sp³-hybridized carbons (Fsp3) is 0.143. The lowest BCUT2D eigenvalue weighted by Crippen LogP contribution is -1.91. The molecule has 3 rings (SSSR count). The molecule has 0 saturated carbocycles. The van der Waals surface area contributed by atoms with Gasteiger partial charge in [-0.25, -0.2) is 9.97 Å². The van der Waals surface area contributed by atoms with Crippen LogP contribution in [0.4, 0.5) is 5.82 Å². The summed E-state index contributed by atoms with van der Waals surface area (Å²) >= 11 is 1.72. The fourth-order valence-corrected chi connectivity index (χ4v) is 2.70. The summed E-state index contributed by atoms with van der Waals surface area (Å²) < 4.78 is 0. The third kappa shape index (κ3) is 1.95. The Balaban J connectivity index is 2.14. The summed E-state index contributed by atoms with van der Waals surface area (Å²) in [5, 5.41) is 6.50. The maximum absolute atomic E-state index is 4.31. The Hall–Kier alpha value is -1.94. The lowest BCUT2D eigenvalue weighted by atomic mass is 10.1. The Morgan fingerprint density at radius 3 is 2.67 bits per heavy atom. The summed E-state index contributed by atoms with van der Waals surface area (Å²) in [4.78, 5) is 9.82. The zero-order valence-corrected chi connectivity index (χ0v) is 11.1. The van der Waals surface area contributed by atoms with Crippen molar-refractivity contribution in [3.05, 3.63) is 41.7 Å². The number of hydrogen-bond acceptors (Lipinski definition) is 4. The molecule has 0 bridgehead atoms. The van der Waals surface area contributed by atoms with Gasteiger partial charge in [0.05, 0.1) is 9.88 Å². The van der Waals surface area contributed by atoms with Crippen LogP contribution in [0.2, 0.25) is 0 Å². The number of anilines is 1. The summed E-state index contributed by atoms with van der Waals surface area (Å²) in [6.07, 6.45) is 3.82. The third-order valence-corrected chi connectivity index (χ3v) is 3.85. The van der Waals surface area contributed by atoms with Crippen LogP contribution in [0.25, 0.3) is 21.2 Å². The van der Waals surface area contributed by atoms with Crippen molar-refractivity contribution in [2.45, 2.75) is 6.92 Å². The number of nitrogens with one attached hydrogen (secondary N) is 1. The molecule has 90 valence electrons. The highest BCUT2D eigenvalue weighted by molar-refractivity contribution is 7.15. The number of pyridine rings is 1. The van der Waals surface area contributed by atoms with Crippen LogP contribution in [0.5, 0.6) is 0 Å². The standard InChI is InChI=1S/C14H13N3S/c1-9-16-8-13(18-9)10-3-4-11-7-17-14(15-2)6-12(11)5-10/h3-8H,1-2H3,(H,15,17). The van der Waals surface area contributed by atoms with Gasteiger partial charge in [0.2, 0.25) is 0 Å². The second-order valence-electron chi connectivity index (χ2n) is 4.13. The van der Waals surface area contributed by atoms with Gasteiger partial charge in [0, 0.05) is 24.8 Å². The van der Waals surface area contributed by atoms with Gasteiger partial charge in [-0.2, -0.15) is 0 Å². The van der Waals surface area contributed by atoms with Gasteiger partial charge in [-0.1, -0.05) is 12.1 Å². The van der Waals surface area contributed by atoms with Crippen molar-refractivity contribution in [1.82, 2.24) is 9.97 Å². The molecule has 0 spiro atoms. The van der Waals surface area contributed by atoms with E-state index in [1.165, 1.54) is 15.8 Å². The minimum absolute atomic E-state index is 0.889. The van der Waals surface area contributed by atoms with Gasteiger partial charge in [0.1, 0.15) is 5.82 Å². The van der Waals surface area contributed by atoms with E-state index in [9.17, 15) is 0 Å². The van der Waals surface area contributed by atoms with Crippen molar-refractivity contribution in [3.8, 4) is 10.4 Å². The van der Waals surface area contributed by atoms with E-state index >= 15 is 0 Å². The molecule has 1 N–H and O–H groups in total. The molecule has 3 nitrogen and oxygen atoms in total. The largest absolute Gasteiger partial charge is 0.373 e. The molecule has 0 fully saturated rings. The SMILES string of the molecule is CNc1cc2cc(-c3cnc(C)s3)ccc2cn1. The van der Waals surface area contributed by atoms with E-state index in [1.807, 2.05) is 26.4 Å². The van der Waals surface area contributed by atoms with E-state index in [2.05, 4.69) is 39.6 Å². The smallest absolute Gasteiger partial charge is 0.126 e. The molecule has 0 atom stereocenters. The predicted molar refractivity (Wildman–Crippen MR) is 77.1 cm³/mol. The van der Waals surface area contributed by atoms with Gasteiger partial charge in [0.15, 0.2) is 0 Å². The highest BCUT2D eigenvalue weighted by Crippen LogP contribution is 2.29. The van der Waals surface area contributed by atoms with Crippen LogP contribution in [-0.4, -0.2) is 17.0 Å². The van der Waals surface area contributed by atoms with Crippen LogP contribution >= 0.6 is 11.3 Å². The van der Waals surface area contributed by atoms with E-state index in [0.29, 0.717) is 0 Å². The first-order chi connectivity index (χ1) is 8.76. The van der Waals surface area contributed by atoms with Crippen molar-refractivity contribution in [2.24, 2.45) is 0 Å². The predicted octanol–water partition coefficient (Wildman–Crippen LogP) is 3.71. The molecule has 0 aliphatic heterocycles. The average molecular weight is 255 g/mol. The topological polar surface area (TPSA) is 37.8 Å². The second-order valence-corrected chi connectivity index (χ2v) is 5.36. The number of aryl methyl sites for hydroxylation is 1. The van der Waals surface area contributed by atoms with E-state index in [4.69, 9.17) is 0 Å². The van der Waals surface area contributed by atoms with Gasteiger partial charge in [-0.05, 0) is 30.0 Å². The number of aromatic nitrogens is 2.